The second-order valence-corrected chi connectivity index (χ2v) is 10.6. The van der Waals surface area contributed by atoms with Crippen molar-refractivity contribution in [2.45, 2.75) is 44.8 Å². The highest BCUT2D eigenvalue weighted by Gasteiger charge is 2.52. The molecule has 3 atom stereocenters. The van der Waals surface area contributed by atoms with Crippen molar-refractivity contribution in [2.75, 3.05) is 13.1 Å². The number of nitrogens with zero attached hydrogens (tertiary/aromatic N) is 3. The van der Waals surface area contributed by atoms with Gasteiger partial charge in [0.15, 0.2) is 5.78 Å². The van der Waals surface area contributed by atoms with E-state index in [9.17, 15) is 19.2 Å². The third-order valence-corrected chi connectivity index (χ3v) is 7.32. The Labute approximate surface area is 233 Å². The van der Waals surface area contributed by atoms with E-state index in [0.29, 0.717) is 25.1 Å². The summed E-state index contributed by atoms with van der Waals surface area (Å²) < 4.78 is 5.49. The molecular weight excluding hydrogens is 508 g/mol. The Morgan fingerprint density at radius 2 is 1.65 bits per heavy atom. The molecule has 5 rings (SSSR count). The van der Waals surface area contributed by atoms with Gasteiger partial charge in [-0.15, -0.1) is 0 Å². The smallest absolute Gasteiger partial charge is 0.410 e. The van der Waals surface area contributed by atoms with Crippen LogP contribution in [-0.4, -0.2) is 69.7 Å². The van der Waals surface area contributed by atoms with Crippen molar-refractivity contribution in [3.05, 3.63) is 84.7 Å². The fourth-order valence-corrected chi connectivity index (χ4v) is 5.49. The van der Waals surface area contributed by atoms with Gasteiger partial charge in [0.1, 0.15) is 23.5 Å². The van der Waals surface area contributed by atoms with Crippen molar-refractivity contribution in [3.63, 3.8) is 0 Å². The molecule has 3 amide bonds. The van der Waals surface area contributed by atoms with Gasteiger partial charge in [0.2, 0.25) is 5.91 Å². The Hall–Kier alpha value is -4.53. The van der Waals surface area contributed by atoms with Crippen molar-refractivity contribution in [3.8, 4) is 16.9 Å². The van der Waals surface area contributed by atoms with Crippen LogP contribution in [0.25, 0.3) is 11.1 Å². The Morgan fingerprint density at radius 3 is 2.33 bits per heavy atom. The Balaban J connectivity index is 1.25. The van der Waals surface area contributed by atoms with Gasteiger partial charge in [0.25, 0.3) is 5.91 Å². The quantitative estimate of drug-likeness (QED) is 0.486. The van der Waals surface area contributed by atoms with Crippen LogP contribution in [0.3, 0.4) is 0 Å². The fraction of sp³-hybridized carbons (Fsp3) is 0.323. The minimum Gasteiger partial charge on any atom is -0.410 e. The maximum absolute atomic E-state index is 13.7. The Bertz CT molecular complexity index is 1380. The van der Waals surface area contributed by atoms with Gasteiger partial charge in [-0.3, -0.25) is 19.4 Å². The van der Waals surface area contributed by atoms with E-state index in [1.54, 1.807) is 30.3 Å². The molecule has 2 aliphatic rings. The predicted octanol–water partition coefficient (Wildman–Crippen LogP) is 3.95. The molecule has 9 nitrogen and oxygen atoms in total. The molecule has 0 aliphatic carbocycles. The van der Waals surface area contributed by atoms with Crippen molar-refractivity contribution >= 4 is 23.7 Å². The number of likely N-dealkylation sites (tertiary alicyclic amines) is 2. The summed E-state index contributed by atoms with van der Waals surface area (Å²) in [7, 11) is 0. The lowest BCUT2D eigenvalue weighted by molar-refractivity contribution is -0.138. The van der Waals surface area contributed by atoms with Gasteiger partial charge in [-0.05, 0) is 54.2 Å². The summed E-state index contributed by atoms with van der Waals surface area (Å²) in [5.74, 6) is -0.417. The number of ether oxygens (including phenoxy) is 1. The predicted molar refractivity (Wildman–Crippen MR) is 148 cm³/mol. The van der Waals surface area contributed by atoms with Crippen molar-refractivity contribution < 1.29 is 23.9 Å². The number of aromatic nitrogens is 1. The maximum Gasteiger partial charge on any atom is 0.413 e. The zero-order chi connectivity index (χ0) is 28.2. The van der Waals surface area contributed by atoms with Gasteiger partial charge in [0, 0.05) is 12.7 Å². The van der Waals surface area contributed by atoms with Crippen LogP contribution in [0, 0.1) is 5.92 Å². The number of rotatable bonds is 7. The molecule has 2 aromatic carbocycles. The van der Waals surface area contributed by atoms with Crippen molar-refractivity contribution in [2.24, 2.45) is 5.92 Å². The number of Topliss-reactive ketones (excluding diaryl/α,β-unsaturated/α-hetero) is 1. The number of pyridine rings is 1. The normalized spacial score (nSPS) is 18.9. The highest BCUT2D eigenvalue weighted by atomic mass is 16.6. The topological polar surface area (TPSA) is 109 Å². The molecule has 2 saturated heterocycles. The lowest BCUT2D eigenvalue weighted by atomic mass is 10.0. The Kier molecular flexibility index (Phi) is 7.91. The van der Waals surface area contributed by atoms with Gasteiger partial charge >= 0.3 is 6.09 Å². The van der Waals surface area contributed by atoms with Gasteiger partial charge in [-0.1, -0.05) is 62.4 Å². The van der Waals surface area contributed by atoms with Crippen molar-refractivity contribution in [1.82, 2.24) is 20.1 Å². The van der Waals surface area contributed by atoms with E-state index in [1.807, 2.05) is 56.3 Å². The molecule has 2 aliphatic heterocycles. The molecule has 3 heterocycles. The lowest BCUT2D eigenvalue weighted by Crippen LogP contribution is -2.53. The minimum absolute atomic E-state index is 0.0716. The second kappa shape index (κ2) is 11.7. The first-order chi connectivity index (χ1) is 19.3. The van der Waals surface area contributed by atoms with Gasteiger partial charge in [-0.2, -0.15) is 0 Å². The summed E-state index contributed by atoms with van der Waals surface area (Å²) in [6.45, 7) is 4.16. The number of hydrogen-bond donors (Lipinski definition) is 1. The molecule has 206 valence electrons. The van der Waals surface area contributed by atoms with Crippen LogP contribution in [0.1, 0.15) is 37.2 Å². The number of fused-ring (bicyclic) bond motifs is 1. The summed E-state index contributed by atoms with van der Waals surface area (Å²) in [4.78, 5) is 59.8. The SMILES string of the molecule is CC(C)CC(NC(=O)Oc1ccc(-c2ccccc2)cc1)C(=O)N1CCC2C1C(=O)CN2C(=O)c1ccccn1. The van der Waals surface area contributed by atoms with Gasteiger partial charge in [0.05, 0.1) is 12.6 Å². The van der Waals surface area contributed by atoms with Crippen LogP contribution in [-0.2, 0) is 9.59 Å². The summed E-state index contributed by atoms with van der Waals surface area (Å²) in [5.41, 5.74) is 2.30. The Morgan fingerprint density at radius 1 is 0.950 bits per heavy atom. The lowest BCUT2D eigenvalue weighted by Gasteiger charge is -2.28. The molecule has 9 heteroatoms. The first-order valence-electron chi connectivity index (χ1n) is 13.5. The van der Waals surface area contributed by atoms with Gasteiger partial charge in [-0.25, -0.2) is 4.79 Å². The average Bonchev–Trinajstić information content (AvgIpc) is 3.54. The number of ketones is 1. The molecular formula is C31H32N4O5. The summed E-state index contributed by atoms with van der Waals surface area (Å²) in [6, 6.07) is 20.0. The standard InChI is InChI=1S/C31H32N4O5/c1-20(2)18-25(33-31(39)40-23-13-11-22(12-14-23)21-8-4-3-5-9-21)30(38)34-17-15-26-28(34)27(36)19-35(26)29(37)24-10-6-7-16-32-24/h3-14,16,20,25-26,28H,15,17-19H2,1-2H3,(H,33,39). The molecule has 0 radical (unpaired) electrons. The largest absolute Gasteiger partial charge is 0.413 e. The maximum atomic E-state index is 13.7. The average molecular weight is 541 g/mol. The fourth-order valence-electron chi connectivity index (χ4n) is 5.49. The number of amides is 3. The van der Waals surface area contributed by atoms with Crippen LogP contribution in [0.2, 0.25) is 0 Å². The van der Waals surface area contributed by atoms with E-state index in [2.05, 4.69) is 10.3 Å². The van der Waals surface area contributed by atoms with E-state index >= 15 is 0 Å². The first kappa shape index (κ1) is 27.1. The zero-order valence-electron chi connectivity index (χ0n) is 22.5. The summed E-state index contributed by atoms with van der Waals surface area (Å²) in [5, 5.41) is 2.72. The van der Waals surface area contributed by atoms with E-state index < -0.39 is 24.2 Å². The third kappa shape index (κ3) is 5.73. The van der Waals surface area contributed by atoms with Crippen LogP contribution in [0.5, 0.6) is 5.75 Å². The molecule has 1 aromatic heterocycles. The zero-order valence-corrected chi connectivity index (χ0v) is 22.5. The van der Waals surface area contributed by atoms with E-state index in [4.69, 9.17) is 4.74 Å². The van der Waals surface area contributed by atoms with Crippen LogP contribution >= 0.6 is 0 Å². The highest BCUT2D eigenvalue weighted by Crippen LogP contribution is 2.31. The number of nitrogens with one attached hydrogen (secondary N) is 1. The van der Waals surface area contributed by atoms with Gasteiger partial charge < -0.3 is 19.9 Å². The van der Waals surface area contributed by atoms with E-state index in [-0.39, 0.29) is 35.8 Å². The highest BCUT2D eigenvalue weighted by molar-refractivity contribution is 6.02. The number of benzene rings is 2. The molecule has 0 saturated carbocycles. The summed E-state index contributed by atoms with van der Waals surface area (Å²) in [6.07, 6.45) is 1.64. The van der Waals surface area contributed by atoms with E-state index in [1.165, 1.54) is 16.0 Å². The molecule has 3 aromatic rings. The molecule has 2 fully saturated rings. The third-order valence-electron chi connectivity index (χ3n) is 7.32. The van der Waals surface area contributed by atoms with Crippen LogP contribution < -0.4 is 10.1 Å². The molecule has 0 bridgehead atoms. The second-order valence-electron chi connectivity index (χ2n) is 10.6. The molecule has 1 N–H and O–H groups in total. The molecule has 3 unspecified atom stereocenters. The minimum atomic E-state index is -0.872. The summed E-state index contributed by atoms with van der Waals surface area (Å²) >= 11 is 0. The van der Waals surface area contributed by atoms with Crippen LogP contribution in [0.4, 0.5) is 4.79 Å². The number of hydrogen-bond acceptors (Lipinski definition) is 6. The van der Waals surface area contributed by atoms with Crippen LogP contribution in [0.15, 0.2) is 79.0 Å². The first-order valence-corrected chi connectivity index (χ1v) is 13.5. The monoisotopic (exact) mass is 540 g/mol. The number of carbonyl (C=O) groups is 4. The molecule has 40 heavy (non-hydrogen) atoms. The number of carbonyl (C=O) groups excluding carboxylic acids is 4. The van der Waals surface area contributed by atoms with E-state index in [0.717, 1.165) is 11.1 Å². The van der Waals surface area contributed by atoms with Crippen molar-refractivity contribution in [1.29, 1.82) is 0 Å². The molecule has 0 spiro atoms.